The van der Waals surface area contributed by atoms with Crippen molar-refractivity contribution in [3.8, 4) is 0 Å². The van der Waals surface area contributed by atoms with E-state index in [4.69, 9.17) is 21.8 Å². The zero-order chi connectivity index (χ0) is 16.0. The van der Waals surface area contributed by atoms with Crippen LogP contribution in [0.2, 0.25) is 5.02 Å². The molecule has 1 amide bonds. The van der Waals surface area contributed by atoms with Gasteiger partial charge in [0.25, 0.3) is 0 Å². The third-order valence-corrected chi connectivity index (χ3v) is 3.34. The Hall–Kier alpha value is -1.63. The second-order valence-electron chi connectivity index (χ2n) is 4.96. The number of anilines is 1. The Kier molecular flexibility index (Phi) is 6.61. The molecule has 21 heavy (non-hydrogen) atoms. The third-order valence-electron chi connectivity index (χ3n) is 3.01. The van der Waals surface area contributed by atoms with Gasteiger partial charge in [-0.2, -0.15) is 0 Å². The molecular weight excluding hydrogens is 296 g/mol. The summed E-state index contributed by atoms with van der Waals surface area (Å²) in [7, 11) is 0. The van der Waals surface area contributed by atoms with Crippen molar-refractivity contribution in [1.29, 1.82) is 0 Å². The smallest absolute Gasteiger partial charge is 0.335 e. The van der Waals surface area contributed by atoms with Crippen LogP contribution in [0.4, 0.5) is 5.69 Å². The van der Waals surface area contributed by atoms with Gasteiger partial charge in [0.1, 0.15) is 0 Å². The molecule has 1 unspecified atom stereocenters. The Morgan fingerprint density at radius 2 is 2.00 bits per heavy atom. The molecule has 0 heterocycles. The Bertz CT molecular complexity index is 520. The van der Waals surface area contributed by atoms with E-state index in [1.807, 2.05) is 13.8 Å². The SMILES string of the molecule is CC(C)C(CO)NCC(=O)Nc1cc(C(=O)O)ccc1Cl. The molecule has 0 saturated carbocycles. The molecule has 116 valence electrons. The van der Waals surface area contributed by atoms with Gasteiger partial charge in [0.15, 0.2) is 0 Å². The van der Waals surface area contributed by atoms with Crippen molar-refractivity contribution in [2.45, 2.75) is 19.9 Å². The van der Waals surface area contributed by atoms with E-state index in [2.05, 4.69) is 10.6 Å². The molecule has 0 aliphatic heterocycles. The number of aromatic carboxylic acids is 1. The van der Waals surface area contributed by atoms with Gasteiger partial charge in [-0.15, -0.1) is 0 Å². The molecule has 6 nitrogen and oxygen atoms in total. The summed E-state index contributed by atoms with van der Waals surface area (Å²) in [6.07, 6.45) is 0. The van der Waals surface area contributed by atoms with E-state index < -0.39 is 5.97 Å². The van der Waals surface area contributed by atoms with Gasteiger partial charge in [-0.1, -0.05) is 25.4 Å². The Balaban J connectivity index is 2.66. The van der Waals surface area contributed by atoms with Crippen LogP contribution in [0.25, 0.3) is 0 Å². The number of carboxylic acids is 1. The number of rotatable bonds is 7. The van der Waals surface area contributed by atoms with E-state index in [-0.39, 0.29) is 47.3 Å². The minimum Gasteiger partial charge on any atom is -0.478 e. The highest BCUT2D eigenvalue weighted by Crippen LogP contribution is 2.23. The maximum absolute atomic E-state index is 11.8. The van der Waals surface area contributed by atoms with Crippen LogP contribution >= 0.6 is 11.6 Å². The molecule has 0 fully saturated rings. The summed E-state index contributed by atoms with van der Waals surface area (Å²) in [6, 6.07) is 3.89. The van der Waals surface area contributed by atoms with E-state index in [0.717, 1.165) is 0 Å². The van der Waals surface area contributed by atoms with E-state index in [1.54, 1.807) is 0 Å². The first-order chi connectivity index (χ1) is 9.85. The minimum absolute atomic E-state index is 0.00294. The summed E-state index contributed by atoms with van der Waals surface area (Å²) in [6.45, 7) is 3.79. The van der Waals surface area contributed by atoms with Crippen LogP contribution in [-0.4, -0.2) is 41.3 Å². The average molecular weight is 315 g/mol. The maximum atomic E-state index is 11.8. The molecule has 4 N–H and O–H groups in total. The first-order valence-electron chi connectivity index (χ1n) is 6.52. The molecule has 0 bridgehead atoms. The average Bonchev–Trinajstić information content (AvgIpc) is 2.41. The number of hydrogen-bond donors (Lipinski definition) is 4. The number of carbonyl (C=O) groups is 2. The van der Waals surface area contributed by atoms with Gasteiger partial charge in [-0.3, -0.25) is 4.79 Å². The molecule has 0 spiro atoms. The lowest BCUT2D eigenvalue weighted by Crippen LogP contribution is -2.41. The summed E-state index contributed by atoms with van der Waals surface area (Å²) >= 11 is 5.92. The van der Waals surface area contributed by atoms with Gasteiger partial charge in [0, 0.05) is 6.04 Å². The Labute approximate surface area is 128 Å². The van der Waals surface area contributed by atoms with Gasteiger partial charge in [-0.25, -0.2) is 4.79 Å². The van der Waals surface area contributed by atoms with Crippen molar-refractivity contribution >= 4 is 29.2 Å². The maximum Gasteiger partial charge on any atom is 0.335 e. The van der Waals surface area contributed by atoms with Crippen molar-refractivity contribution in [2.24, 2.45) is 5.92 Å². The highest BCUT2D eigenvalue weighted by Gasteiger charge is 2.14. The molecule has 0 aliphatic carbocycles. The number of halogens is 1. The fourth-order valence-corrected chi connectivity index (χ4v) is 1.85. The zero-order valence-corrected chi connectivity index (χ0v) is 12.6. The lowest BCUT2D eigenvalue weighted by molar-refractivity contribution is -0.115. The van der Waals surface area contributed by atoms with Crippen molar-refractivity contribution < 1.29 is 19.8 Å². The normalized spacial score (nSPS) is 12.2. The van der Waals surface area contributed by atoms with E-state index >= 15 is 0 Å². The largest absolute Gasteiger partial charge is 0.478 e. The van der Waals surface area contributed by atoms with E-state index in [9.17, 15) is 9.59 Å². The quantitative estimate of drug-likeness (QED) is 0.612. The molecule has 0 saturated heterocycles. The molecule has 0 aliphatic rings. The number of benzene rings is 1. The highest BCUT2D eigenvalue weighted by atomic mass is 35.5. The second kappa shape index (κ2) is 7.97. The van der Waals surface area contributed by atoms with E-state index in [1.165, 1.54) is 18.2 Å². The van der Waals surface area contributed by atoms with Crippen LogP contribution in [-0.2, 0) is 4.79 Å². The molecule has 1 aromatic rings. The van der Waals surface area contributed by atoms with Gasteiger partial charge in [0.2, 0.25) is 5.91 Å². The van der Waals surface area contributed by atoms with Crippen LogP contribution in [0.1, 0.15) is 24.2 Å². The van der Waals surface area contributed by atoms with Crippen molar-refractivity contribution in [3.63, 3.8) is 0 Å². The third kappa shape index (κ3) is 5.34. The van der Waals surface area contributed by atoms with Crippen LogP contribution in [0.3, 0.4) is 0 Å². The van der Waals surface area contributed by atoms with Crippen LogP contribution in [0, 0.1) is 5.92 Å². The molecule has 1 aromatic carbocycles. The molecule has 0 radical (unpaired) electrons. The van der Waals surface area contributed by atoms with Crippen LogP contribution in [0.15, 0.2) is 18.2 Å². The monoisotopic (exact) mass is 314 g/mol. The number of hydrogen-bond acceptors (Lipinski definition) is 4. The fourth-order valence-electron chi connectivity index (χ4n) is 1.68. The summed E-state index contributed by atoms with van der Waals surface area (Å²) in [4.78, 5) is 22.7. The number of carboxylic acid groups (broad SMARTS) is 1. The first kappa shape index (κ1) is 17.4. The van der Waals surface area contributed by atoms with Crippen molar-refractivity contribution in [3.05, 3.63) is 28.8 Å². The predicted octanol–water partition coefficient (Wildman–Crippen LogP) is 1.58. The minimum atomic E-state index is -1.10. The van der Waals surface area contributed by atoms with E-state index in [0.29, 0.717) is 0 Å². The predicted molar refractivity (Wildman–Crippen MR) is 80.8 cm³/mol. The standard InChI is InChI=1S/C14H19ClN2O4/c1-8(2)12(7-18)16-6-13(19)17-11-5-9(14(20)21)3-4-10(11)15/h3-5,8,12,16,18H,6-7H2,1-2H3,(H,17,19)(H,20,21). The van der Waals surface area contributed by atoms with Crippen LogP contribution < -0.4 is 10.6 Å². The molecular formula is C14H19ClN2O4. The Morgan fingerprint density at radius 3 is 2.52 bits per heavy atom. The molecule has 7 heteroatoms. The first-order valence-corrected chi connectivity index (χ1v) is 6.90. The molecule has 1 rings (SSSR count). The van der Waals surface area contributed by atoms with Gasteiger partial charge in [0.05, 0.1) is 29.4 Å². The summed E-state index contributed by atoms with van der Waals surface area (Å²) < 4.78 is 0. The highest BCUT2D eigenvalue weighted by molar-refractivity contribution is 6.33. The van der Waals surface area contributed by atoms with Gasteiger partial charge in [-0.05, 0) is 24.1 Å². The lowest BCUT2D eigenvalue weighted by atomic mass is 10.1. The lowest BCUT2D eigenvalue weighted by Gasteiger charge is -2.19. The fraction of sp³-hybridized carbons (Fsp3) is 0.429. The second-order valence-corrected chi connectivity index (χ2v) is 5.37. The molecule has 0 aromatic heterocycles. The van der Waals surface area contributed by atoms with Gasteiger partial charge >= 0.3 is 5.97 Å². The van der Waals surface area contributed by atoms with Gasteiger partial charge < -0.3 is 20.8 Å². The van der Waals surface area contributed by atoms with Crippen molar-refractivity contribution in [1.82, 2.24) is 5.32 Å². The number of amides is 1. The topological polar surface area (TPSA) is 98.7 Å². The molecule has 1 atom stereocenters. The number of aliphatic hydroxyl groups is 1. The number of aliphatic hydroxyl groups excluding tert-OH is 1. The summed E-state index contributed by atoms with van der Waals surface area (Å²) in [5.74, 6) is -1.28. The summed E-state index contributed by atoms with van der Waals surface area (Å²) in [5.41, 5.74) is 0.284. The van der Waals surface area contributed by atoms with Crippen molar-refractivity contribution in [2.75, 3.05) is 18.5 Å². The number of carbonyl (C=O) groups excluding carboxylic acids is 1. The Morgan fingerprint density at radius 1 is 1.33 bits per heavy atom. The zero-order valence-electron chi connectivity index (χ0n) is 11.9. The summed E-state index contributed by atoms with van der Waals surface area (Å²) in [5, 5.41) is 23.8. The number of nitrogens with one attached hydrogen (secondary N) is 2. The van der Waals surface area contributed by atoms with Crippen LogP contribution in [0.5, 0.6) is 0 Å².